The quantitative estimate of drug-likeness (QED) is 0.769. The number of nitrogens with one attached hydrogen (secondary N) is 1. The Hall–Kier alpha value is -1.88. The van der Waals surface area contributed by atoms with E-state index >= 15 is 0 Å². The Labute approximate surface area is 119 Å². The van der Waals surface area contributed by atoms with Crippen LogP contribution in [0.2, 0.25) is 0 Å². The highest BCUT2D eigenvalue weighted by molar-refractivity contribution is 5.92. The molecule has 0 aliphatic heterocycles. The maximum absolute atomic E-state index is 11.7. The summed E-state index contributed by atoms with van der Waals surface area (Å²) < 4.78 is 4.86. The van der Waals surface area contributed by atoms with E-state index in [9.17, 15) is 9.59 Å². The Bertz CT molecular complexity index is 460. The van der Waals surface area contributed by atoms with Gasteiger partial charge in [0.1, 0.15) is 0 Å². The van der Waals surface area contributed by atoms with Crippen LogP contribution in [0, 0.1) is 6.92 Å². The summed E-state index contributed by atoms with van der Waals surface area (Å²) in [5.41, 5.74) is 1.90. The van der Waals surface area contributed by atoms with Crippen LogP contribution >= 0.6 is 0 Å². The number of carbonyl (C=O) groups excluding carboxylic acids is 2. The van der Waals surface area contributed by atoms with Crippen molar-refractivity contribution in [1.82, 2.24) is 5.32 Å². The van der Waals surface area contributed by atoms with Gasteiger partial charge in [-0.25, -0.2) is 0 Å². The van der Waals surface area contributed by atoms with Crippen molar-refractivity contribution >= 4 is 17.5 Å². The van der Waals surface area contributed by atoms with Gasteiger partial charge in [-0.3, -0.25) is 9.59 Å². The normalized spacial score (nSPS) is 10.2. The first kappa shape index (κ1) is 16.2. The third kappa shape index (κ3) is 5.40. The highest BCUT2D eigenvalue weighted by atomic mass is 16.5. The number of hydrogen-bond acceptors (Lipinski definition) is 3. The molecule has 0 saturated carbocycles. The van der Waals surface area contributed by atoms with Crippen molar-refractivity contribution in [3.63, 3.8) is 0 Å². The molecule has 2 amide bonds. The van der Waals surface area contributed by atoms with Gasteiger partial charge >= 0.3 is 0 Å². The number of amides is 2. The number of ether oxygens (including phenoxy) is 1. The van der Waals surface area contributed by atoms with Crippen molar-refractivity contribution in [2.45, 2.75) is 20.3 Å². The molecular weight excluding hydrogens is 256 g/mol. The number of aryl methyl sites for hydroxylation is 1. The Morgan fingerprint density at radius 1 is 1.35 bits per heavy atom. The van der Waals surface area contributed by atoms with Gasteiger partial charge in [-0.1, -0.05) is 12.1 Å². The average Bonchev–Trinajstić information content (AvgIpc) is 2.39. The number of methoxy groups -OCH3 is 1. The molecule has 1 N–H and O–H groups in total. The highest BCUT2D eigenvalue weighted by Crippen LogP contribution is 2.16. The zero-order valence-corrected chi connectivity index (χ0v) is 12.3. The smallest absolute Gasteiger partial charge is 0.223 e. The van der Waals surface area contributed by atoms with E-state index in [1.165, 1.54) is 6.92 Å². The van der Waals surface area contributed by atoms with E-state index in [-0.39, 0.29) is 18.2 Å². The zero-order valence-electron chi connectivity index (χ0n) is 12.3. The molecule has 0 heterocycles. The summed E-state index contributed by atoms with van der Waals surface area (Å²) in [6.07, 6.45) is 0.275. The predicted octanol–water partition coefficient (Wildman–Crippen LogP) is 1.50. The van der Waals surface area contributed by atoms with Crippen LogP contribution in [0.15, 0.2) is 24.3 Å². The minimum atomic E-state index is -0.0825. The molecule has 0 unspecified atom stereocenters. The lowest BCUT2D eigenvalue weighted by molar-refractivity contribution is -0.121. The molecule has 1 aromatic carbocycles. The molecule has 1 aromatic rings. The molecule has 0 fully saturated rings. The van der Waals surface area contributed by atoms with Gasteiger partial charge < -0.3 is 15.0 Å². The van der Waals surface area contributed by atoms with Crippen molar-refractivity contribution in [3.8, 4) is 0 Å². The van der Waals surface area contributed by atoms with Gasteiger partial charge in [0, 0.05) is 39.2 Å². The van der Waals surface area contributed by atoms with Crippen molar-refractivity contribution in [1.29, 1.82) is 0 Å². The molecule has 20 heavy (non-hydrogen) atoms. The lowest BCUT2D eigenvalue weighted by Gasteiger charge is -2.21. The highest BCUT2D eigenvalue weighted by Gasteiger charge is 2.13. The topological polar surface area (TPSA) is 58.6 Å². The average molecular weight is 278 g/mol. The summed E-state index contributed by atoms with van der Waals surface area (Å²) in [6.45, 7) is 4.82. The largest absolute Gasteiger partial charge is 0.383 e. The minimum absolute atomic E-state index is 0.0692. The maximum Gasteiger partial charge on any atom is 0.223 e. The number of nitrogens with zero attached hydrogens (tertiary/aromatic N) is 1. The first-order valence-corrected chi connectivity index (χ1v) is 6.65. The van der Waals surface area contributed by atoms with Gasteiger partial charge in [-0.05, 0) is 24.6 Å². The van der Waals surface area contributed by atoms with Gasteiger partial charge in [-0.15, -0.1) is 0 Å². The van der Waals surface area contributed by atoms with E-state index < -0.39 is 0 Å². The molecule has 0 atom stereocenters. The maximum atomic E-state index is 11.7. The molecule has 0 saturated heterocycles. The fraction of sp³-hybridized carbons (Fsp3) is 0.467. The summed E-state index contributed by atoms with van der Waals surface area (Å²) >= 11 is 0. The number of carbonyl (C=O) groups is 2. The third-order valence-corrected chi connectivity index (χ3v) is 2.88. The first-order chi connectivity index (χ1) is 9.54. The molecule has 1 rings (SSSR count). The van der Waals surface area contributed by atoms with Crippen LogP contribution in [0.1, 0.15) is 18.9 Å². The van der Waals surface area contributed by atoms with E-state index in [0.29, 0.717) is 19.7 Å². The van der Waals surface area contributed by atoms with Crippen LogP contribution in [-0.4, -0.2) is 38.6 Å². The van der Waals surface area contributed by atoms with Gasteiger partial charge in [-0.2, -0.15) is 0 Å². The monoisotopic (exact) mass is 278 g/mol. The molecule has 5 heteroatoms. The zero-order chi connectivity index (χ0) is 15.0. The molecule has 0 bridgehead atoms. The van der Waals surface area contributed by atoms with E-state index in [2.05, 4.69) is 5.32 Å². The number of rotatable bonds is 7. The van der Waals surface area contributed by atoms with Gasteiger partial charge in [0.2, 0.25) is 11.8 Å². The second-order valence-corrected chi connectivity index (χ2v) is 4.60. The molecular formula is C15H22N2O3. The van der Waals surface area contributed by atoms with Gasteiger partial charge in [0.05, 0.1) is 6.61 Å². The molecule has 0 spiro atoms. The Morgan fingerprint density at radius 2 is 2.10 bits per heavy atom. The molecule has 110 valence electrons. The molecule has 0 aliphatic carbocycles. The van der Waals surface area contributed by atoms with Crippen molar-refractivity contribution < 1.29 is 14.3 Å². The predicted molar refractivity (Wildman–Crippen MR) is 78.7 cm³/mol. The first-order valence-electron chi connectivity index (χ1n) is 6.65. The fourth-order valence-corrected chi connectivity index (χ4v) is 1.86. The lowest BCUT2D eigenvalue weighted by atomic mass is 10.2. The summed E-state index contributed by atoms with van der Waals surface area (Å²) in [5.74, 6) is -0.152. The number of benzene rings is 1. The minimum Gasteiger partial charge on any atom is -0.383 e. The second-order valence-electron chi connectivity index (χ2n) is 4.60. The molecule has 0 aromatic heterocycles. The third-order valence-electron chi connectivity index (χ3n) is 2.88. The fourth-order valence-electron chi connectivity index (χ4n) is 1.86. The SMILES string of the molecule is COCCNC(=O)CCN(C(C)=O)c1cccc(C)c1. The van der Waals surface area contributed by atoms with Crippen LogP contribution in [-0.2, 0) is 14.3 Å². The van der Waals surface area contributed by atoms with Crippen LogP contribution in [0.3, 0.4) is 0 Å². The van der Waals surface area contributed by atoms with Crippen molar-refractivity contribution in [2.24, 2.45) is 0 Å². The van der Waals surface area contributed by atoms with E-state index in [1.54, 1.807) is 12.0 Å². The van der Waals surface area contributed by atoms with E-state index in [0.717, 1.165) is 11.3 Å². The molecule has 0 radical (unpaired) electrons. The number of hydrogen-bond donors (Lipinski definition) is 1. The van der Waals surface area contributed by atoms with Crippen LogP contribution < -0.4 is 10.2 Å². The molecule has 0 aliphatic rings. The summed E-state index contributed by atoms with van der Waals surface area (Å²) in [6, 6.07) is 7.68. The lowest BCUT2D eigenvalue weighted by Crippen LogP contribution is -2.34. The van der Waals surface area contributed by atoms with Gasteiger partial charge in [0.15, 0.2) is 0 Å². The summed E-state index contributed by atoms with van der Waals surface area (Å²) in [5, 5.41) is 2.74. The summed E-state index contributed by atoms with van der Waals surface area (Å²) in [7, 11) is 1.58. The van der Waals surface area contributed by atoms with Crippen LogP contribution in [0.5, 0.6) is 0 Å². The summed E-state index contributed by atoms with van der Waals surface area (Å²) in [4.78, 5) is 25.0. The molecule has 5 nitrogen and oxygen atoms in total. The Kier molecular flexibility index (Phi) is 6.73. The second kappa shape index (κ2) is 8.32. The van der Waals surface area contributed by atoms with E-state index in [4.69, 9.17) is 4.74 Å². The van der Waals surface area contributed by atoms with E-state index in [1.807, 2.05) is 31.2 Å². The number of anilines is 1. The van der Waals surface area contributed by atoms with Crippen molar-refractivity contribution in [2.75, 3.05) is 31.7 Å². The van der Waals surface area contributed by atoms with Crippen LogP contribution in [0.4, 0.5) is 5.69 Å². The Balaban J connectivity index is 2.56. The van der Waals surface area contributed by atoms with Crippen molar-refractivity contribution in [3.05, 3.63) is 29.8 Å². The Morgan fingerprint density at radius 3 is 2.70 bits per heavy atom. The standard InChI is InChI=1S/C15H22N2O3/c1-12-5-4-6-14(11-12)17(13(2)18)9-7-15(19)16-8-10-20-3/h4-6,11H,7-10H2,1-3H3,(H,16,19). The van der Waals surface area contributed by atoms with Crippen LogP contribution in [0.25, 0.3) is 0 Å². The van der Waals surface area contributed by atoms with Gasteiger partial charge in [0.25, 0.3) is 0 Å².